The molecule has 0 aliphatic rings. The van der Waals surface area contributed by atoms with E-state index in [4.69, 9.17) is 0 Å². The van der Waals surface area contributed by atoms with E-state index in [1.54, 1.807) is 29.4 Å². The summed E-state index contributed by atoms with van der Waals surface area (Å²) in [6.07, 6.45) is 1.57. The number of thioether (sulfide) groups is 1. The van der Waals surface area contributed by atoms with Crippen molar-refractivity contribution >= 4 is 50.7 Å². The average Bonchev–Trinajstić information content (AvgIpc) is 3.05. The van der Waals surface area contributed by atoms with Crippen molar-refractivity contribution in [1.29, 1.82) is 0 Å². The molecule has 5 nitrogen and oxygen atoms in total. The largest absolute Gasteiger partial charge is 0.372 e. The summed E-state index contributed by atoms with van der Waals surface area (Å²) in [4.78, 5) is 15.8. The second kappa shape index (κ2) is 5.63. The Hall–Kier alpha value is -1.25. The van der Waals surface area contributed by atoms with Crippen LogP contribution in [0.1, 0.15) is 16.3 Å². The van der Waals surface area contributed by atoms with Gasteiger partial charge in [-0.3, -0.25) is 0 Å². The predicted octanol–water partition coefficient (Wildman–Crippen LogP) is 3.49. The van der Waals surface area contributed by atoms with E-state index in [1.165, 1.54) is 22.0 Å². The molecule has 104 valence electrons. The van der Waals surface area contributed by atoms with Crippen molar-refractivity contribution < 1.29 is 0 Å². The zero-order valence-corrected chi connectivity index (χ0v) is 13.7. The maximum Gasteiger partial charge on any atom is 0.170 e. The van der Waals surface area contributed by atoms with Crippen LogP contribution >= 0.6 is 34.6 Å². The molecule has 3 aromatic heterocycles. The Morgan fingerprint density at radius 3 is 2.85 bits per heavy atom. The number of hydrogen-bond acceptors (Lipinski definition) is 8. The molecule has 0 atom stereocenters. The van der Waals surface area contributed by atoms with Crippen molar-refractivity contribution in [3.05, 3.63) is 22.6 Å². The Bertz CT molecular complexity index is 735. The van der Waals surface area contributed by atoms with Crippen molar-refractivity contribution in [3.8, 4) is 0 Å². The highest BCUT2D eigenvalue weighted by atomic mass is 32.2. The van der Waals surface area contributed by atoms with Crippen LogP contribution in [0.25, 0.3) is 10.2 Å². The quantitative estimate of drug-likeness (QED) is 0.742. The van der Waals surface area contributed by atoms with Crippen LogP contribution in [0.5, 0.6) is 0 Å². The van der Waals surface area contributed by atoms with Gasteiger partial charge in [0.25, 0.3) is 0 Å². The van der Waals surface area contributed by atoms with Crippen molar-refractivity contribution in [3.63, 3.8) is 0 Å². The third kappa shape index (κ3) is 2.50. The Balaban J connectivity index is 1.96. The number of rotatable bonds is 4. The normalized spacial score (nSPS) is 11.2. The lowest BCUT2D eigenvalue weighted by molar-refractivity contribution is 1.07. The lowest BCUT2D eigenvalue weighted by atomic mass is 10.2. The number of fused-ring (bicyclic) bond motifs is 1. The summed E-state index contributed by atoms with van der Waals surface area (Å²) in [5.41, 5.74) is 1.26. The van der Waals surface area contributed by atoms with E-state index in [2.05, 4.69) is 38.5 Å². The van der Waals surface area contributed by atoms with Crippen LogP contribution in [-0.2, 0) is 5.75 Å². The van der Waals surface area contributed by atoms with Gasteiger partial charge in [-0.2, -0.15) is 4.37 Å². The summed E-state index contributed by atoms with van der Waals surface area (Å²) in [6.45, 7) is 4.24. The minimum atomic E-state index is 0.704. The zero-order valence-electron chi connectivity index (χ0n) is 11.3. The van der Waals surface area contributed by atoms with Crippen LogP contribution < -0.4 is 5.32 Å². The molecule has 0 unspecified atom stereocenters. The van der Waals surface area contributed by atoms with Gasteiger partial charge in [0, 0.05) is 11.9 Å². The maximum atomic E-state index is 4.67. The van der Waals surface area contributed by atoms with Gasteiger partial charge in [0.05, 0.1) is 11.1 Å². The van der Waals surface area contributed by atoms with Gasteiger partial charge in [0.15, 0.2) is 4.34 Å². The summed E-state index contributed by atoms with van der Waals surface area (Å²) in [5, 5.41) is 4.32. The first kappa shape index (κ1) is 13.7. The van der Waals surface area contributed by atoms with Gasteiger partial charge in [0.2, 0.25) is 0 Å². The molecule has 0 radical (unpaired) electrons. The van der Waals surface area contributed by atoms with Crippen LogP contribution in [0.15, 0.2) is 10.7 Å². The molecule has 3 rings (SSSR count). The Labute approximate surface area is 129 Å². The molecule has 20 heavy (non-hydrogen) atoms. The van der Waals surface area contributed by atoms with Crippen molar-refractivity contribution in [2.45, 2.75) is 23.9 Å². The van der Waals surface area contributed by atoms with Crippen LogP contribution in [0, 0.1) is 13.8 Å². The van der Waals surface area contributed by atoms with E-state index < -0.39 is 0 Å². The van der Waals surface area contributed by atoms with Crippen LogP contribution in [0.3, 0.4) is 0 Å². The molecule has 0 aromatic carbocycles. The second-order valence-corrected chi connectivity index (χ2v) is 7.40. The average molecular weight is 323 g/mol. The minimum absolute atomic E-state index is 0.704. The first-order valence-corrected chi connectivity index (χ1v) is 8.60. The van der Waals surface area contributed by atoms with Gasteiger partial charge in [-0.15, -0.1) is 11.3 Å². The molecular formula is C12H13N5S3. The number of nitrogens with one attached hydrogen (secondary N) is 1. The Morgan fingerprint density at radius 1 is 1.30 bits per heavy atom. The van der Waals surface area contributed by atoms with Gasteiger partial charge < -0.3 is 5.32 Å². The lowest BCUT2D eigenvalue weighted by Crippen LogP contribution is -1.99. The van der Waals surface area contributed by atoms with Gasteiger partial charge >= 0.3 is 0 Å². The molecule has 3 aromatic rings. The minimum Gasteiger partial charge on any atom is -0.372 e. The standard InChI is InChI=1S/C12H13N5S3/c1-6-7(2)19-11-9(6)10(13-3)16-8(17-11)4-18-12-14-5-15-20-12/h5H,4H2,1-3H3,(H,13,16,17). The predicted molar refractivity (Wildman–Crippen MR) is 85.9 cm³/mol. The zero-order chi connectivity index (χ0) is 14.1. The fraction of sp³-hybridized carbons (Fsp3) is 0.333. The van der Waals surface area contributed by atoms with E-state index in [0.29, 0.717) is 5.75 Å². The fourth-order valence-corrected chi connectivity index (χ4v) is 4.24. The number of anilines is 1. The molecule has 1 N–H and O–H groups in total. The number of nitrogens with zero attached hydrogens (tertiary/aromatic N) is 4. The van der Waals surface area contributed by atoms with Crippen LogP contribution in [0.2, 0.25) is 0 Å². The van der Waals surface area contributed by atoms with Gasteiger partial charge in [-0.05, 0) is 30.9 Å². The number of thiophene rings is 1. The monoisotopic (exact) mass is 323 g/mol. The van der Waals surface area contributed by atoms with Gasteiger partial charge in [-0.1, -0.05) is 11.8 Å². The molecule has 3 heterocycles. The molecule has 8 heteroatoms. The summed E-state index contributed by atoms with van der Waals surface area (Å²) in [5.74, 6) is 2.43. The SMILES string of the molecule is CNc1nc(CSc2ncns2)nc2sc(C)c(C)c12. The van der Waals surface area contributed by atoms with E-state index in [0.717, 1.165) is 26.2 Å². The summed E-state index contributed by atoms with van der Waals surface area (Å²) >= 11 is 4.73. The third-order valence-corrected chi connectivity index (χ3v) is 5.87. The molecule has 0 bridgehead atoms. The third-order valence-electron chi connectivity index (χ3n) is 2.98. The summed E-state index contributed by atoms with van der Waals surface area (Å²) in [6, 6.07) is 0. The van der Waals surface area contributed by atoms with Crippen molar-refractivity contribution in [2.24, 2.45) is 0 Å². The molecule has 0 fully saturated rings. The molecular weight excluding hydrogens is 310 g/mol. The number of hydrogen-bond donors (Lipinski definition) is 1. The van der Waals surface area contributed by atoms with Crippen LogP contribution in [0.4, 0.5) is 5.82 Å². The van der Waals surface area contributed by atoms with E-state index >= 15 is 0 Å². The van der Waals surface area contributed by atoms with E-state index in [9.17, 15) is 0 Å². The molecule has 0 amide bonds. The summed E-state index contributed by atoms with van der Waals surface area (Å²) in [7, 11) is 1.90. The van der Waals surface area contributed by atoms with E-state index in [1.807, 2.05) is 7.05 Å². The maximum absolute atomic E-state index is 4.67. The van der Waals surface area contributed by atoms with Gasteiger partial charge in [-0.25, -0.2) is 15.0 Å². The molecule has 0 aliphatic carbocycles. The number of aryl methyl sites for hydroxylation is 2. The van der Waals surface area contributed by atoms with Crippen molar-refractivity contribution in [2.75, 3.05) is 12.4 Å². The molecule has 0 spiro atoms. The highest BCUT2D eigenvalue weighted by molar-refractivity contribution is 8.00. The molecule has 0 saturated heterocycles. The fourth-order valence-electron chi connectivity index (χ4n) is 1.89. The van der Waals surface area contributed by atoms with Crippen LogP contribution in [-0.4, -0.2) is 26.4 Å². The van der Waals surface area contributed by atoms with E-state index in [-0.39, 0.29) is 0 Å². The summed E-state index contributed by atoms with van der Waals surface area (Å²) < 4.78 is 4.93. The second-order valence-electron chi connectivity index (χ2n) is 4.20. The van der Waals surface area contributed by atoms with Crippen molar-refractivity contribution in [1.82, 2.24) is 19.3 Å². The first-order valence-electron chi connectivity index (χ1n) is 6.03. The smallest absolute Gasteiger partial charge is 0.170 e. The first-order chi connectivity index (χ1) is 9.69. The topological polar surface area (TPSA) is 63.6 Å². The molecule has 0 saturated carbocycles. The molecule has 0 aliphatic heterocycles. The highest BCUT2D eigenvalue weighted by Crippen LogP contribution is 2.34. The van der Waals surface area contributed by atoms with Gasteiger partial charge in [0.1, 0.15) is 22.8 Å². The lowest BCUT2D eigenvalue weighted by Gasteiger charge is -2.05. The Kier molecular flexibility index (Phi) is 3.86. The highest BCUT2D eigenvalue weighted by Gasteiger charge is 2.14. The Morgan fingerprint density at radius 2 is 2.15 bits per heavy atom. The number of aromatic nitrogens is 4.